The molecule has 0 aromatic carbocycles. The van der Waals surface area contributed by atoms with Crippen LogP contribution in [0.15, 0.2) is 0 Å². The Balaban J connectivity index is 1.63. The third-order valence-corrected chi connectivity index (χ3v) is 4.82. The summed E-state index contributed by atoms with van der Waals surface area (Å²) in [4.78, 5) is 0. The zero-order valence-corrected chi connectivity index (χ0v) is 8.84. The lowest BCUT2D eigenvalue weighted by Gasteiger charge is -2.30. The number of nitrogens with one attached hydrogen (secondary N) is 1. The van der Waals surface area contributed by atoms with Crippen molar-refractivity contribution in [2.24, 2.45) is 17.3 Å². The predicted octanol–water partition coefficient (Wildman–Crippen LogP) is 2.56. The molecule has 0 heterocycles. The van der Waals surface area contributed by atoms with Gasteiger partial charge in [-0.15, -0.1) is 0 Å². The molecule has 3 aliphatic carbocycles. The van der Waals surface area contributed by atoms with Gasteiger partial charge in [0.1, 0.15) is 0 Å². The molecular weight excluding hydrogens is 158 g/mol. The highest BCUT2D eigenvalue weighted by molar-refractivity contribution is 5.10. The van der Waals surface area contributed by atoms with Gasteiger partial charge in [0, 0.05) is 12.1 Å². The standard InChI is InChI=1S/C12H21N/c1-8-6-10(8)13-11-5-3-4-9-7-12(9,11)2/h8-11,13H,3-7H2,1-2H3/t8-,9?,10-,11?,12?/m1/s1. The highest BCUT2D eigenvalue weighted by atomic mass is 15.0. The molecule has 3 unspecified atom stereocenters. The normalized spacial score (nSPS) is 58.6. The summed E-state index contributed by atoms with van der Waals surface area (Å²) in [5, 5.41) is 3.87. The second-order valence-corrected chi connectivity index (χ2v) is 5.88. The zero-order valence-electron chi connectivity index (χ0n) is 8.84. The van der Waals surface area contributed by atoms with Crippen molar-refractivity contribution in [1.82, 2.24) is 5.32 Å². The molecule has 0 saturated heterocycles. The first-order valence-corrected chi connectivity index (χ1v) is 5.96. The average Bonchev–Trinajstić information content (AvgIpc) is 2.92. The zero-order chi connectivity index (χ0) is 9.05. The van der Waals surface area contributed by atoms with E-state index in [-0.39, 0.29) is 0 Å². The molecule has 3 rings (SSSR count). The van der Waals surface area contributed by atoms with Gasteiger partial charge in [-0.25, -0.2) is 0 Å². The monoisotopic (exact) mass is 179 g/mol. The minimum absolute atomic E-state index is 0.709. The summed E-state index contributed by atoms with van der Waals surface area (Å²) in [5.41, 5.74) is 0.709. The minimum Gasteiger partial charge on any atom is -0.310 e. The third-order valence-electron chi connectivity index (χ3n) is 4.82. The molecule has 5 atom stereocenters. The van der Waals surface area contributed by atoms with E-state index in [1.165, 1.54) is 32.1 Å². The quantitative estimate of drug-likeness (QED) is 0.687. The Kier molecular flexibility index (Phi) is 1.59. The lowest BCUT2D eigenvalue weighted by atomic mass is 9.85. The fraction of sp³-hybridized carbons (Fsp3) is 1.00. The Morgan fingerprint density at radius 3 is 2.77 bits per heavy atom. The Labute approximate surface area is 81.3 Å². The highest BCUT2D eigenvalue weighted by Crippen LogP contribution is 2.61. The van der Waals surface area contributed by atoms with Crippen LogP contribution in [0.2, 0.25) is 0 Å². The van der Waals surface area contributed by atoms with E-state index in [9.17, 15) is 0 Å². The maximum Gasteiger partial charge on any atom is 0.0126 e. The van der Waals surface area contributed by atoms with Crippen LogP contribution >= 0.6 is 0 Å². The topological polar surface area (TPSA) is 12.0 Å². The van der Waals surface area contributed by atoms with E-state index in [1.807, 2.05) is 0 Å². The van der Waals surface area contributed by atoms with Crippen molar-refractivity contribution in [3.8, 4) is 0 Å². The fourth-order valence-corrected chi connectivity index (χ4v) is 3.32. The van der Waals surface area contributed by atoms with E-state index in [4.69, 9.17) is 0 Å². The first-order chi connectivity index (χ1) is 6.20. The molecule has 0 aromatic heterocycles. The average molecular weight is 179 g/mol. The Morgan fingerprint density at radius 2 is 2.08 bits per heavy atom. The van der Waals surface area contributed by atoms with Crippen molar-refractivity contribution in [1.29, 1.82) is 0 Å². The molecule has 0 bridgehead atoms. The first-order valence-electron chi connectivity index (χ1n) is 5.96. The third kappa shape index (κ3) is 1.24. The van der Waals surface area contributed by atoms with Crippen molar-refractivity contribution in [3.63, 3.8) is 0 Å². The predicted molar refractivity (Wildman–Crippen MR) is 54.6 cm³/mol. The van der Waals surface area contributed by atoms with E-state index in [0.717, 1.165) is 23.9 Å². The van der Waals surface area contributed by atoms with Crippen LogP contribution in [0.5, 0.6) is 0 Å². The van der Waals surface area contributed by atoms with Crippen LogP contribution in [0.3, 0.4) is 0 Å². The van der Waals surface area contributed by atoms with Crippen LogP contribution in [-0.4, -0.2) is 12.1 Å². The molecular formula is C12H21N. The summed E-state index contributed by atoms with van der Waals surface area (Å²) in [6.07, 6.45) is 7.35. The van der Waals surface area contributed by atoms with Gasteiger partial charge in [-0.1, -0.05) is 20.3 Å². The highest BCUT2D eigenvalue weighted by Gasteiger charge is 2.57. The van der Waals surface area contributed by atoms with E-state index < -0.39 is 0 Å². The van der Waals surface area contributed by atoms with Gasteiger partial charge in [0.05, 0.1) is 0 Å². The van der Waals surface area contributed by atoms with E-state index in [1.54, 1.807) is 0 Å². The minimum atomic E-state index is 0.709. The van der Waals surface area contributed by atoms with Crippen LogP contribution in [0.4, 0.5) is 0 Å². The van der Waals surface area contributed by atoms with E-state index >= 15 is 0 Å². The van der Waals surface area contributed by atoms with Crippen molar-refractivity contribution in [2.45, 2.75) is 58.0 Å². The Morgan fingerprint density at radius 1 is 1.31 bits per heavy atom. The molecule has 0 radical (unpaired) electrons. The van der Waals surface area contributed by atoms with Gasteiger partial charge in [0.25, 0.3) is 0 Å². The molecule has 74 valence electrons. The van der Waals surface area contributed by atoms with Crippen molar-refractivity contribution < 1.29 is 0 Å². The molecule has 3 fully saturated rings. The maximum absolute atomic E-state index is 3.87. The van der Waals surface area contributed by atoms with Gasteiger partial charge in [0.15, 0.2) is 0 Å². The Bertz CT molecular complexity index is 225. The summed E-state index contributed by atoms with van der Waals surface area (Å²) in [6, 6.07) is 1.74. The Hall–Kier alpha value is -0.0400. The smallest absolute Gasteiger partial charge is 0.0126 e. The van der Waals surface area contributed by atoms with Crippen LogP contribution in [-0.2, 0) is 0 Å². The van der Waals surface area contributed by atoms with Crippen molar-refractivity contribution in [2.75, 3.05) is 0 Å². The van der Waals surface area contributed by atoms with Crippen LogP contribution < -0.4 is 5.32 Å². The second kappa shape index (κ2) is 2.50. The molecule has 1 nitrogen and oxygen atoms in total. The molecule has 0 aliphatic heterocycles. The van der Waals surface area contributed by atoms with Crippen LogP contribution in [0.1, 0.15) is 46.0 Å². The van der Waals surface area contributed by atoms with Gasteiger partial charge < -0.3 is 5.32 Å². The summed E-state index contributed by atoms with van der Waals surface area (Å²) in [7, 11) is 0. The molecule has 3 saturated carbocycles. The summed E-state index contributed by atoms with van der Waals surface area (Å²) < 4.78 is 0. The number of fused-ring (bicyclic) bond motifs is 1. The molecule has 0 spiro atoms. The van der Waals surface area contributed by atoms with Gasteiger partial charge in [-0.2, -0.15) is 0 Å². The van der Waals surface area contributed by atoms with Crippen molar-refractivity contribution in [3.05, 3.63) is 0 Å². The molecule has 0 aromatic rings. The maximum atomic E-state index is 3.87. The molecule has 13 heavy (non-hydrogen) atoms. The molecule has 3 aliphatic rings. The fourth-order valence-electron chi connectivity index (χ4n) is 3.32. The lowest BCUT2D eigenvalue weighted by molar-refractivity contribution is 0.258. The van der Waals surface area contributed by atoms with Crippen molar-refractivity contribution >= 4 is 0 Å². The summed E-state index contributed by atoms with van der Waals surface area (Å²) in [6.45, 7) is 4.87. The van der Waals surface area contributed by atoms with Crippen LogP contribution in [0, 0.1) is 17.3 Å². The SMILES string of the molecule is C[C@@H]1C[C@H]1NC1CCCC2CC21C. The second-order valence-electron chi connectivity index (χ2n) is 5.88. The number of rotatable bonds is 2. The largest absolute Gasteiger partial charge is 0.310 e. The van der Waals surface area contributed by atoms with Gasteiger partial charge in [-0.3, -0.25) is 0 Å². The van der Waals surface area contributed by atoms with Gasteiger partial charge in [0.2, 0.25) is 0 Å². The summed E-state index contributed by atoms with van der Waals surface area (Å²) >= 11 is 0. The number of hydrogen-bond acceptors (Lipinski definition) is 1. The molecule has 1 N–H and O–H groups in total. The molecule has 1 heteroatoms. The van der Waals surface area contributed by atoms with E-state index in [2.05, 4.69) is 19.2 Å². The molecule has 0 amide bonds. The summed E-state index contributed by atoms with van der Waals surface area (Å²) in [5.74, 6) is 2.04. The number of hydrogen-bond donors (Lipinski definition) is 1. The van der Waals surface area contributed by atoms with Gasteiger partial charge >= 0.3 is 0 Å². The van der Waals surface area contributed by atoms with Gasteiger partial charge in [-0.05, 0) is 42.9 Å². The van der Waals surface area contributed by atoms with Crippen LogP contribution in [0.25, 0.3) is 0 Å². The van der Waals surface area contributed by atoms with E-state index in [0.29, 0.717) is 5.41 Å². The lowest BCUT2D eigenvalue weighted by Crippen LogP contribution is -2.40. The first kappa shape index (κ1) is 8.28.